The summed E-state index contributed by atoms with van der Waals surface area (Å²) in [7, 11) is 0. The molecule has 0 radical (unpaired) electrons. The molecule has 132 valence electrons. The van der Waals surface area contributed by atoms with Crippen molar-refractivity contribution in [3.63, 3.8) is 0 Å². The zero-order valence-electron chi connectivity index (χ0n) is 14.8. The van der Waals surface area contributed by atoms with Crippen molar-refractivity contribution in [3.8, 4) is 22.4 Å². The number of benzene rings is 2. The number of nitrogens with one attached hydrogen (secondary N) is 1. The van der Waals surface area contributed by atoms with Crippen LogP contribution in [0.3, 0.4) is 0 Å². The summed E-state index contributed by atoms with van der Waals surface area (Å²) in [5.74, 6) is 0.544. The molecule has 4 aromatic rings. The molecule has 0 saturated carbocycles. The van der Waals surface area contributed by atoms with Crippen molar-refractivity contribution in [2.75, 3.05) is 5.32 Å². The molecule has 2 aromatic carbocycles. The van der Waals surface area contributed by atoms with Crippen LogP contribution in [0.25, 0.3) is 27.9 Å². The monoisotopic (exact) mass is 356 g/mol. The van der Waals surface area contributed by atoms with Gasteiger partial charge in [-0.15, -0.1) is 0 Å². The van der Waals surface area contributed by atoms with Gasteiger partial charge in [0.1, 0.15) is 17.3 Å². The maximum Gasteiger partial charge on any atom is 0.127 e. The number of allylic oxidation sites excluding steroid dienone is 1. The van der Waals surface area contributed by atoms with E-state index < -0.39 is 0 Å². The van der Waals surface area contributed by atoms with Crippen molar-refractivity contribution in [3.05, 3.63) is 84.2 Å². The molecular weight excluding hydrogens is 339 g/mol. The van der Waals surface area contributed by atoms with Gasteiger partial charge in [0.05, 0.1) is 5.52 Å². The minimum atomic E-state index is -0.260. The average Bonchev–Trinajstić information content (AvgIpc) is 3.22. The fourth-order valence-electron chi connectivity index (χ4n) is 3.68. The quantitative estimate of drug-likeness (QED) is 0.550. The fraction of sp³-hybridized carbons (Fsp3) is 0.0909. The van der Waals surface area contributed by atoms with E-state index in [9.17, 15) is 4.39 Å². The lowest BCUT2D eigenvalue weighted by Gasteiger charge is -2.07. The summed E-state index contributed by atoms with van der Waals surface area (Å²) in [4.78, 5) is 4.35. The van der Waals surface area contributed by atoms with Crippen molar-refractivity contribution in [1.29, 1.82) is 0 Å². The van der Waals surface area contributed by atoms with Gasteiger partial charge < -0.3 is 5.32 Å². The van der Waals surface area contributed by atoms with Gasteiger partial charge in [0, 0.05) is 35.1 Å². The molecule has 3 heterocycles. The predicted octanol–water partition coefficient (Wildman–Crippen LogP) is 4.99. The summed E-state index contributed by atoms with van der Waals surface area (Å²) in [6, 6.07) is 14.8. The topological polar surface area (TPSA) is 42.2 Å². The number of anilines is 1. The van der Waals surface area contributed by atoms with Crippen molar-refractivity contribution in [2.45, 2.75) is 13.3 Å². The van der Waals surface area contributed by atoms with E-state index in [1.807, 2.05) is 17.5 Å². The lowest BCUT2D eigenvalue weighted by atomic mass is 9.97. The van der Waals surface area contributed by atoms with Gasteiger partial charge in [-0.05, 0) is 60.5 Å². The van der Waals surface area contributed by atoms with E-state index in [-0.39, 0.29) is 5.82 Å². The number of nitrogens with zero attached hydrogens (tertiary/aromatic N) is 3. The molecule has 2 aromatic heterocycles. The maximum atomic E-state index is 13.4. The molecule has 1 aliphatic heterocycles. The van der Waals surface area contributed by atoms with Crippen LogP contribution in [-0.4, -0.2) is 14.6 Å². The number of aryl methyl sites for hydroxylation is 1. The van der Waals surface area contributed by atoms with Crippen LogP contribution < -0.4 is 5.32 Å². The third-order valence-corrected chi connectivity index (χ3v) is 4.95. The first kappa shape index (κ1) is 15.8. The lowest BCUT2D eigenvalue weighted by Crippen LogP contribution is -1.95. The van der Waals surface area contributed by atoms with Crippen LogP contribution in [0.15, 0.2) is 67.0 Å². The van der Waals surface area contributed by atoms with Crippen LogP contribution in [0.4, 0.5) is 10.1 Å². The normalized spacial score (nSPS) is 13.0. The molecule has 1 aliphatic rings. The molecule has 5 heteroatoms. The molecule has 0 atom stereocenters. The molecule has 0 fully saturated rings. The SMILES string of the molecule is C=C1Cc2cc(-c3c(-c4ccc(F)cc4)nn4c(C)nccc34)ccc2N1. The predicted molar refractivity (Wildman–Crippen MR) is 105 cm³/mol. The Kier molecular flexibility index (Phi) is 3.37. The van der Waals surface area contributed by atoms with E-state index in [1.165, 1.54) is 17.7 Å². The van der Waals surface area contributed by atoms with E-state index in [0.29, 0.717) is 0 Å². The number of fused-ring (bicyclic) bond motifs is 2. The smallest absolute Gasteiger partial charge is 0.127 e. The van der Waals surface area contributed by atoms with Gasteiger partial charge in [-0.1, -0.05) is 12.6 Å². The molecule has 0 spiro atoms. The molecule has 1 N–H and O–H groups in total. The van der Waals surface area contributed by atoms with Crippen LogP contribution >= 0.6 is 0 Å². The minimum absolute atomic E-state index is 0.260. The van der Waals surface area contributed by atoms with E-state index in [4.69, 9.17) is 5.10 Å². The van der Waals surface area contributed by atoms with Gasteiger partial charge in [0.15, 0.2) is 0 Å². The summed E-state index contributed by atoms with van der Waals surface area (Å²) in [6.07, 6.45) is 2.61. The third kappa shape index (κ3) is 2.51. The van der Waals surface area contributed by atoms with Crippen molar-refractivity contribution >= 4 is 11.2 Å². The van der Waals surface area contributed by atoms with Crippen molar-refractivity contribution in [1.82, 2.24) is 14.6 Å². The number of rotatable bonds is 2. The Morgan fingerprint density at radius 1 is 1.07 bits per heavy atom. The van der Waals surface area contributed by atoms with Gasteiger partial charge in [-0.25, -0.2) is 13.9 Å². The van der Waals surface area contributed by atoms with Crippen LogP contribution in [0, 0.1) is 12.7 Å². The summed E-state index contributed by atoms with van der Waals surface area (Å²) in [5.41, 5.74) is 8.08. The van der Waals surface area contributed by atoms with E-state index in [2.05, 4.69) is 35.1 Å². The van der Waals surface area contributed by atoms with E-state index in [1.54, 1.807) is 18.3 Å². The Hall–Kier alpha value is -3.47. The van der Waals surface area contributed by atoms with Crippen LogP contribution in [0.2, 0.25) is 0 Å². The molecular formula is C22H17FN4. The van der Waals surface area contributed by atoms with E-state index in [0.717, 1.165) is 51.5 Å². The first-order valence-electron chi connectivity index (χ1n) is 8.78. The Balaban J connectivity index is 1.79. The lowest BCUT2D eigenvalue weighted by molar-refractivity contribution is 0.628. The standard InChI is InChI=1S/C22H17FN4/c1-13-11-17-12-16(5-8-19(17)25-13)21-20-9-10-24-14(2)27(20)26-22(21)15-3-6-18(23)7-4-15/h3-10,12,25H,1,11H2,2H3. The minimum Gasteiger partial charge on any atom is -0.359 e. The maximum absolute atomic E-state index is 13.4. The Bertz CT molecular complexity index is 1210. The third-order valence-electron chi connectivity index (χ3n) is 4.95. The molecule has 0 aliphatic carbocycles. The number of aromatic nitrogens is 3. The molecule has 0 unspecified atom stereocenters. The second-order valence-electron chi connectivity index (χ2n) is 6.80. The largest absolute Gasteiger partial charge is 0.359 e. The Morgan fingerprint density at radius 3 is 2.67 bits per heavy atom. The summed E-state index contributed by atoms with van der Waals surface area (Å²) >= 11 is 0. The van der Waals surface area contributed by atoms with Gasteiger partial charge in [-0.2, -0.15) is 5.10 Å². The molecule has 0 amide bonds. The van der Waals surface area contributed by atoms with Gasteiger partial charge >= 0.3 is 0 Å². The summed E-state index contributed by atoms with van der Waals surface area (Å²) in [5, 5.41) is 8.10. The second-order valence-corrected chi connectivity index (χ2v) is 6.80. The Labute approximate surface area is 156 Å². The number of hydrogen-bond donors (Lipinski definition) is 1. The number of halogens is 1. The fourth-order valence-corrected chi connectivity index (χ4v) is 3.68. The highest BCUT2D eigenvalue weighted by atomic mass is 19.1. The first-order chi connectivity index (χ1) is 13.1. The molecule has 5 rings (SSSR count). The second kappa shape index (κ2) is 5.77. The molecule has 4 nitrogen and oxygen atoms in total. The van der Waals surface area contributed by atoms with Gasteiger partial charge in [0.25, 0.3) is 0 Å². The van der Waals surface area contributed by atoms with Gasteiger partial charge in [0.2, 0.25) is 0 Å². The average molecular weight is 356 g/mol. The van der Waals surface area contributed by atoms with E-state index >= 15 is 0 Å². The molecule has 27 heavy (non-hydrogen) atoms. The van der Waals surface area contributed by atoms with Gasteiger partial charge in [-0.3, -0.25) is 0 Å². The number of hydrogen-bond acceptors (Lipinski definition) is 3. The van der Waals surface area contributed by atoms with Crippen LogP contribution in [0.5, 0.6) is 0 Å². The Morgan fingerprint density at radius 2 is 1.85 bits per heavy atom. The first-order valence-corrected chi connectivity index (χ1v) is 8.78. The summed E-state index contributed by atoms with van der Waals surface area (Å²) < 4.78 is 15.3. The highest BCUT2D eigenvalue weighted by Crippen LogP contribution is 2.38. The zero-order valence-corrected chi connectivity index (χ0v) is 14.8. The molecule has 0 saturated heterocycles. The van der Waals surface area contributed by atoms with Crippen molar-refractivity contribution < 1.29 is 4.39 Å². The highest BCUT2D eigenvalue weighted by Gasteiger charge is 2.20. The highest BCUT2D eigenvalue weighted by molar-refractivity contribution is 5.93. The summed E-state index contributed by atoms with van der Waals surface area (Å²) in [6.45, 7) is 5.95. The molecule has 0 bridgehead atoms. The zero-order chi connectivity index (χ0) is 18.5. The van der Waals surface area contributed by atoms with Crippen LogP contribution in [-0.2, 0) is 6.42 Å². The van der Waals surface area contributed by atoms with Crippen LogP contribution in [0.1, 0.15) is 11.4 Å². The van der Waals surface area contributed by atoms with Crippen molar-refractivity contribution in [2.24, 2.45) is 0 Å².